The minimum Gasteiger partial charge on any atom is -0.258 e. The van der Waals surface area contributed by atoms with Gasteiger partial charge in [-0.1, -0.05) is 0 Å². The van der Waals surface area contributed by atoms with Crippen molar-refractivity contribution in [2.45, 2.75) is 6.42 Å². The van der Waals surface area contributed by atoms with E-state index in [0.717, 1.165) is 6.07 Å². The van der Waals surface area contributed by atoms with Crippen LogP contribution in [0.15, 0.2) is 16.6 Å². The molecule has 0 radical (unpaired) electrons. The minimum atomic E-state index is -0.936. The summed E-state index contributed by atoms with van der Waals surface area (Å²) >= 11 is 2.88. The molecule has 0 atom stereocenters. The van der Waals surface area contributed by atoms with Gasteiger partial charge in [-0.2, -0.15) is 9.65 Å². The highest BCUT2D eigenvalue weighted by Crippen LogP contribution is 2.29. The molecule has 0 heterocycles. The van der Waals surface area contributed by atoms with Gasteiger partial charge >= 0.3 is 5.69 Å². The van der Waals surface area contributed by atoms with Crippen molar-refractivity contribution in [3.63, 3.8) is 0 Å². The van der Waals surface area contributed by atoms with E-state index in [1.807, 2.05) is 6.07 Å². The zero-order valence-electron chi connectivity index (χ0n) is 6.83. The highest BCUT2D eigenvalue weighted by Gasteiger charge is 2.19. The van der Waals surface area contributed by atoms with Crippen LogP contribution in [0, 0.1) is 27.3 Å². The maximum atomic E-state index is 13.1. The Balaban J connectivity index is 3.26. The Hall–Kier alpha value is -1.48. The Morgan fingerprint density at radius 2 is 2.29 bits per heavy atom. The first-order chi connectivity index (χ1) is 6.56. The number of rotatable bonds is 2. The van der Waals surface area contributed by atoms with E-state index < -0.39 is 16.4 Å². The van der Waals surface area contributed by atoms with Gasteiger partial charge in [-0.25, -0.2) is 0 Å². The van der Waals surface area contributed by atoms with Gasteiger partial charge in [-0.05, 0) is 33.6 Å². The number of hydrogen-bond acceptors (Lipinski definition) is 3. The van der Waals surface area contributed by atoms with Crippen LogP contribution < -0.4 is 0 Å². The van der Waals surface area contributed by atoms with Gasteiger partial charge in [0, 0.05) is 0 Å². The lowest BCUT2D eigenvalue weighted by Crippen LogP contribution is -1.95. The summed E-state index contributed by atoms with van der Waals surface area (Å²) in [6, 6.07) is 4.19. The van der Waals surface area contributed by atoms with E-state index in [1.165, 1.54) is 6.07 Å². The molecule has 0 aliphatic rings. The number of nitro benzene ring substituents is 1. The Morgan fingerprint density at radius 3 is 2.71 bits per heavy atom. The Kier molecular flexibility index (Phi) is 3.14. The molecule has 0 aliphatic carbocycles. The van der Waals surface area contributed by atoms with Crippen molar-refractivity contribution >= 4 is 21.6 Å². The van der Waals surface area contributed by atoms with Crippen molar-refractivity contribution in [3.8, 4) is 6.07 Å². The summed E-state index contributed by atoms with van der Waals surface area (Å²) in [5, 5.41) is 18.7. The highest BCUT2D eigenvalue weighted by atomic mass is 79.9. The van der Waals surface area contributed by atoms with Crippen LogP contribution in [0.25, 0.3) is 0 Å². The van der Waals surface area contributed by atoms with Crippen LogP contribution >= 0.6 is 15.9 Å². The van der Waals surface area contributed by atoms with Gasteiger partial charge in [0.2, 0.25) is 5.82 Å². The van der Waals surface area contributed by atoms with Crippen LogP contribution in [0.2, 0.25) is 0 Å². The molecular formula is C8H4BrFN2O2. The lowest BCUT2D eigenvalue weighted by molar-refractivity contribution is -0.388. The molecule has 6 heteroatoms. The summed E-state index contributed by atoms with van der Waals surface area (Å²) in [7, 11) is 0. The molecule has 0 amide bonds. The molecule has 0 saturated carbocycles. The summed E-state index contributed by atoms with van der Waals surface area (Å²) in [5.41, 5.74) is -0.200. The van der Waals surface area contributed by atoms with E-state index in [0.29, 0.717) is 5.56 Å². The molecule has 0 spiro atoms. The van der Waals surface area contributed by atoms with Crippen molar-refractivity contribution in [3.05, 3.63) is 38.1 Å². The SMILES string of the molecule is N#CCc1cc(F)c([N+](=O)[O-])c(Br)c1. The smallest absolute Gasteiger partial charge is 0.258 e. The topological polar surface area (TPSA) is 66.9 Å². The van der Waals surface area contributed by atoms with Gasteiger partial charge in [0.1, 0.15) is 0 Å². The summed E-state index contributed by atoms with van der Waals surface area (Å²) < 4.78 is 13.2. The van der Waals surface area contributed by atoms with Crippen LogP contribution in [0.3, 0.4) is 0 Å². The summed E-state index contributed by atoms with van der Waals surface area (Å²) in [4.78, 5) is 9.57. The second-order valence-corrected chi connectivity index (χ2v) is 3.35. The summed E-state index contributed by atoms with van der Waals surface area (Å²) in [6.07, 6.45) is 0.0213. The summed E-state index contributed by atoms with van der Waals surface area (Å²) in [6.45, 7) is 0. The second kappa shape index (κ2) is 4.15. The largest absolute Gasteiger partial charge is 0.318 e. The van der Waals surface area contributed by atoms with Gasteiger partial charge in [-0.3, -0.25) is 10.1 Å². The Labute approximate surface area is 87.2 Å². The highest BCUT2D eigenvalue weighted by molar-refractivity contribution is 9.10. The predicted molar refractivity (Wildman–Crippen MR) is 50.1 cm³/mol. The lowest BCUT2D eigenvalue weighted by Gasteiger charge is -1.99. The van der Waals surface area contributed by atoms with Crippen molar-refractivity contribution in [2.24, 2.45) is 0 Å². The van der Waals surface area contributed by atoms with E-state index >= 15 is 0 Å². The summed E-state index contributed by atoms with van der Waals surface area (Å²) in [5.74, 6) is -0.936. The molecule has 0 unspecified atom stereocenters. The van der Waals surface area contributed by atoms with Gasteiger partial charge in [0.15, 0.2) is 0 Å². The predicted octanol–water partition coefficient (Wildman–Crippen LogP) is 2.56. The molecule has 0 aromatic heterocycles. The number of nitro groups is 1. The van der Waals surface area contributed by atoms with E-state index in [2.05, 4.69) is 15.9 Å². The normalized spacial score (nSPS) is 9.50. The standard InChI is InChI=1S/C8H4BrFN2O2/c9-6-3-5(1-2-11)4-7(10)8(6)12(13)14/h3-4H,1H2. The van der Waals surface area contributed by atoms with Crippen LogP contribution in [0.1, 0.15) is 5.56 Å². The third kappa shape index (κ3) is 2.06. The fourth-order valence-electron chi connectivity index (χ4n) is 0.986. The van der Waals surface area contributed by atoms with Gasteiger partial charge in [0.05, 0.1) is 21.9 Å². The minimum absolute atomic E-state index is 0.0213. The Morgan fingerprint density at radius 1 is 1.64 bits per heavy atom. The van der Waals surface area contributed by atoms with Gasteiger partial charge < -0.3 is 0 Å². The molecule has 0 saturated heterocycles. The van der Waals surface area contributed by atoms with Gasteiger partial charge in [-0.15, -0.1) is 0 Å². The molecule has 0 fully saturated rings. The van der Waals surface area contributed by atoms with E-state index in [9.17, 15) is 14.5 Å². The molecule has 4 nitrogen and oxygen atoms in total. The first-order valence-electron chi connectivity index (χ1n) is 3.55. The van der Waals surface area contributed by atoms with Crippen molar-refractivity contribution in [1.82, 2.24) is 0 Å². The maximum Gasteiger partial charge on any atom is 0.318 e. The molecule has 0 bridgehead atoms. The maximum absolute atomic E-state index is 13.1. The molecular weight excluding hydrogens is 255 g/mol. The number of hydrogen-bond donors (Lipinski definition) is 0. The first kappa shape index (κ1) is 10.6. The Bertz CT molecular complexity index is 405. The van der Waals surface area contributed by atoms with E-state index in [1.54, 1.807) is 0 Å². The molecule has 14 heavy (non-hydrogen) atoms. The average Bonchev–Trinajstić information content (AvgIpc) is 2.01. The first-order valence-corrected chi connectivity index (χ1v) is 4.35. The molecule has 0 aliphatic heterocycles. The molecule has 1 aromatic carbocycles. The van der Waals surface area contributed by atoms with Gasteiger partial charge in [0.25, 0.3) is 0 Å². The number of benzene rings is 1. The lowest BCUT2D eigenvalue weighted by atomic mass is 10.1. The molecule has 0 N–H and O–H groups in total. The fraction of sp³-hybridized carbons (Fsp3) is 0.125. The second-order valence-electron chi connectivity index (χ2n) is 2.50. The van der Waals surface area contributed by atoms with Crippen molar-refractivity contribution in [1.29, 1.82) is 5.26 Å². The van der Waals surface area contributed by atoms with Crippen LogP contribution in [0.4, 0.5) is 10.1 Å². The number of nitrogens with zero attached hydrogens (tertiary/aromatic N) is 2. The monoisotopic (exact) mass is 258 g/mol. The molecule has 1 rings (SSSR count). The van der Waals surface area contributed by atoms with Crippen LogP contribution in [-0.2, 0) is 6.42 Å². The fourth-order valence-corrected chi connectivity index (χ4v) is 1.61. The molecule has 72 valence electrons. The quantitative estimate of drug-likeness (QED) is 0.605. The van der Waals surface area contributed by atoms with Crippen molar-refractivity contribution in [2.75, 3.05) is 0 Å². The zero-order chi connectivity index (χ0) is 10.7. The van der Waals surface area contributed by atoms with Crippen LogP contribution in [-0.4, -0.2) is 4.92 Å². The third-order valence-corrected chi connectivity index (χ3v) is 2.15. The van der Waals surface area contributed by atoms with Crippen LogP contribution in [0.5, 0.6) is 0 Å². The average molecular weight is 259 g/mol. The van der Waals surface area contributed by atoms with E-state index in [-0.39, 0.29) is 10.9 Å². The third-order valence-electron chi connectivity index (χ3n) is 1.54. The number of halogens is 2. The van der Waals surface area contributed by atoms with E-state index in [4.69, 9.17) is 5.26 Å². The zero-order valence-corrected chi connectivity index (χ0v) is 8.41. The van der Waals surface area contributed by atoms with Crippen molar-refractivity contribution < 1.29 is 9.31 Å². The molecule has 1 aromatic rings. The number of nitriles is 1.